The smallest absolute Gasteiger partial charge is 0.261 e. The maximum Gasteiger partial charge on any atom is 0.261 e. The Hall–Kier alpha value is -2.34. The first kappa shape index (κ1) is 14.6. The fourth-order valence-electron chi connectivity index (χ4n) is 2.39. The number of hydrogen-bond acceptors (Lipinski definition) is 3. The second-order valence-corrected chi connectivity index (χ2v) is 7.04. The molecule has 0 fully saturated rings. The molecule has 5 nitrogen and oxygen atoms in total. The number of rotatable bonds is 3. The number of fused-ring (bicyclic) bond motifs is 1. The van der Waals surface area contributed by atoms with Gasteiger partial charge in [0.1, 0.15) is 0 Å². The molecule has 1 heterocycles. The highest BCUT2D eigenvalue weighted by molar-refractivity contribution is 7.92. The molecule has 0 saturated carbocycles. The van der Waals surface area contributed by atoms with Gasteiger partial charge in [-0.1, -0.05) is 23.8 Å². The van der Waals surface area contributed by atoms with Crippen LogP contribution >= 0.6 is 0 Å². The van der Waals surface area contributed by atoms with Gasteiger partial charge in [0.25, 0.3) is 10.0 Å². The molecule has 1 aliphatic rings. The largest absolute Gasteiger partial charge is 0.352 e. The zero-order chi connectivity index (χ0) is 15.7. The van der Waals surface area contributed by atoms with Crippen molar-refractivity contribution in [3.63, 3.8) is 0 Å². The van der Waals surface area contributed by atoms with Gasteiger partial charge in [0.2, 0.25) is 5.91 Å². The molecule has 0 aromatic heterocycles. The van der Waals surface area contributed by atoms with Crippen LogP contribution in [0.15, 0.2) is 47.4 Å². The van der Waals surface area contributed by atoms with Crippen molar-refractivity contribution in [1.29, 1.82) is 0 Å². The van der Waals surface area contributed by atoms with Gasteiger partial charge in [-0.25, -0.2) is 8.42 Å². The molecule has 2 aromatic carbocycles. The number of hydrogen-bond donors (Lipinski definition) is 2. The lowest BCUT2D eigenvalue weighted by Gasteiger charge is -2.18. The van der Waals surface area contributed by atoms with Crippen LogP contribution in [0.3, 0.4) is 0 Å². The van der Waals surface area contributed by atoms with E-state index in [1.807, 2.05) is 6.92 Å². The molecule has 0 aliphatic carbocycles. The molecule has 0 unspecified atom stereocenters. The molecule has 0 radical (unpaired) electrons. The van der Waals surface area contributed by atoms with Gasteiger partial charge >= 0.3 is 0 Å². The summed E-state index contributed by atoms with van der Waals surface area (Å²) in [5, 5.41) is 2.75. The van der Waals surface area contributed by atoms with Crippen molar-refractivity contribution < 1.29 is 13.2 Å². The predicted octanol–water partition coefficient (Wildman–Crippen LogP) is 1.97. The van der Waals surface area contributed by atoms with E-state index in [-0.39, 0.29) is 10.8 Å². The molecule has 0 atom stereocenters. The summed E-state index contributed by atoms with van der Waals surface area (Å²) in [6.07, 6.45) is 0.334. The molecule has 22 heavy (non-hydrogen) atoms. The van der Waals surface area contributed by atoms with E-state index >= 15 is 0 Å². The Kier molecular flexibility index (Phi) is 3.62. The van der Waals surface area contributed by atoms with Crippen LogP contribution in [0.5, 0.6) is 0 Å². The van der Waals surface area contributed by atoms with Crippen molar-refractivity contribution >= 4 is 21.6 Å². The lowest BCUT2D eigenvalue weighted by Crippen LogP contribution is -2.30. The van der Waals surface area contributed by atoms with Crippen LogP contribution in [-0.2, 0) is 27.8 Å². The fraction of sp³-hybridized carbons (Fsp3) is 0.188. The highest BCUT2D eigenvalue weighted by Gasteiger charge is 2.17. The van der Waals surface area contributed by atoms with E-state index in [1.54, 1.807) is 42.5 Å². The summed E-state index contributed by atoms with van der Waals surface area (Å²) in [5.74, 6) is -0.0134. The number of carbonyl (C=O) groups is 1. The van der Waals surface area contributed by atoms with Gasteiger partial charge in [0.15, 0.2) is 0 Å². The Labute approximate surface area is 129 Å². The number of carbonyl (C=O) groups excluding carboxylic acids is 1. The van der Waals surface area contributed by atoms with Crippen molar-refractivity contribution in [2.75, 3.05) is 4.72 Å². The molecule has 114 valence electrons. The van der Waals surface area contributed by atoms with Gasteiger partial charge in [-0.05, 0) is 42.3 Å². The van der Waals surface area contributed by atoms with Crippen LogP contribution < -0.4 is 10.0 Å². The number of amides is 1. The third kappa shape index (κ3) is 2.96. The van der Waals surface area contributed by atoms with E-state index in [4.69, 9.17) is 0 Å². The van der Waals surface area contributed by atoms with Crippen LogP contribution in [0.4, 0.5) is 5.69 Å². The lowest BCUT2D eigenvalue weighted by atomic mass is 10.0. The molecule has 0 saturated heterocycles. The van der Waals surface area contributed by atoms with Crippen molar-refractivity contribution in [2.24, 2.45) is 0 Å². The molecule has 3 rings (SSSR count). The number of sulfonamides is 1. The molecular formula is C16H16N2O3S. The lowest BCUT2D eigenvalue weighted by molar-refractivity contribution is -0.121. The van der Waals surface area contributed by atoms with E-state index in [0.29, 0.717) is 18.7 Å². The topological polar surface area (TPSA) is 75.3 Å². The molecule has 6 heteroatoms. The van der Waals surface area contributed by atoms with E-state index in [0.717, 1.165) is 16.7 Å². The SMILES string of the molecule is Cc1ccc(S(=O)(=O)Nc2ccc3c(c2)CNC(=O)C3)cc1. The minimum absolute atomic E-state index is 0.0134. The number of benzene rings is 2. The van der Waals surface area contributed by atoms with Gasteiger partial charge < -0.3 is 5.32 Å². The van der Waals surface area contributed by atoms with Crippen LogP contribution in [0.25, 0.3) is 0 Å². The van der Waals surface area contributed by atoms with Crippen LogP contribution in [0.1, 0.15) is 16.7 Å². The third-order valence-electron chi connectivity index (χ3n) is 3.62. The van der Waals surface area contributed by atoms with Gasteiger partial charge in [-0.15, -0.1) is 0 Å². The average Bonchev–Trinajstić information content (AvgIpc) is 2.47. The molecule has 0 spiro atoms. The number of aryl methyl sites for hydroxylation is 1. The Balaban J connectivity index is 1.86. The highest BCUT2D eigenvalue weighted by atomic mass is 32.2. The zero-order valence-electron chi connectivity index (χ0n) is 12.1. The van der Waals surface area contributed by atoms with Crippen molar-refractivity contribution in [3.8, 4) is 0 Å². The standard InChI is InChI=1S/C16H16N2O3S/c1-11-2-6-15(7-3-11)22(20,21)18-14-5-4-12-9-16(19)17-10-13(12)8-14/h2-8,18H,9-10H2,1H3,(H,17,19). The highest BCUT2D eigenvalue weighted by Crippen LogP contribution is 2.22. The summed E-state index contributed by atoms with van der Waals surface area (Å²) in [5.41, 5.74) is 3.37. The summed E-state index contributed by atoms with van der Waals surface area (Å²) >= 11 is 0. The fourth-order valence-corrected chi connectivity index (χ4v) is 3.44. The van der Waals surface area contributed by atoms with Crippen LogP contribution in [-0.4, -0.2) is 14.3 Å². The summed E-state index contributed by atoms with van der Waals surface area (Å²) in [6.45, 7) is 2.33. The second-order valence-electron chi connectivity index (χ2n) is 5.36. The van der Waals surface area contributed by atoms with E-state index in [9.17, 15) is 13.2 Å². The molecule has 0 bridgehead atoms. The summed E-state index contributed by atoms with van der Waals surface area (Å²) in [7, 11) is -3.60. The Bertz CT molecular complexity index is 827. The maximum absolute atomic E-state index is 12.4. The monoisotopic (exact) mass is 316 g/mol. The van der Waals surface area contributed by atoms with Crippen LogP contribution in [0, 0.1) is 6.92 Å². The number of nitrogens with one attached hydrogen (secondary N) is 2. The third-order valence-corrected chi connectivity index (χ3v) is 5.01. The molecule has 1 amide bonds. The van der Waals surface area contributed by atoms with Crippen molar-refractivity contribution in [1.82, 2.24) is 5.32 Å². The van der Waals surface area contributed by atoms with Gasteiger partial charge in [0.05, 0.1) is 11.3 Å². The normalized spacial score (nSPS) is 14.1. The average molecular weight is 316 g/mol. The minimum atomic E-state index is -3.60. The van der Waals surface area contributed by atoms with Gasteiger partial charge in [-0.2, -0.15) is 0 Å². The van der Waals surface area contributed by atoms with Crippen LogP contribution in [0.2, 0.25) is 0 Å². The predicted molar refractivity (Wildman–Crippen MR) is 84.0 cm³/mol. The van der Waals surface area contributed by atoms with E-state index < -0.39 is 10.0 Å². The summed E-state index contributed by atoms with van der Waals surface area (Å²) in [4.78, 5) is 11.6. The number of anilines is 1. The molecule has 2 aromatic rings. The van der Waals surface area contributed by atoms with Gasteiger partial charge in [-0.3, -0.25) is 9.52 Å². The maximum atomic E-state index is 12.4. The first-order chi connectivity index (χ1) is 10.4. The Morgan fingerprint density at radius 2 is 1.77 bits per heavy atom. The van der Waals surface area contributed by atoms with Crippen molar-refractivity contribution in [3.05, 3.63) is 59.2 Å². The summed E-state index contributed by atoms with van der Waals surface area (Å²) < 4.78 is 27.3. The molecule has 2 N–H and O–H groups in total. The zero-order valence-corrected chi connectivity index (χ0v) is 12.9. The Morgan fingerprint density at radius 3 is 2.50 bits per heavy atom. The van der Waals surface area contributed by atoms with E-state index in [1.165, 1.54) is 0 Å². The molecular weight excluding hydrogens is 300 g/mol. The quantitative estimate of drug-likeness (QED) is 0.909. The van der Waals surface area contributed by atoms with E-state index in [2.05, 4.69) is 10.0 Å². The first-order valence-electron chi connectivity index (χ1n) is 6.92. The van der Waals surface area contributed by atoms with Gasteiger partial charge in [0, 0.05) is 12.2 Å². The van der Waals surface area contributed by atoms with Crippen molar-refractivity contribution in [2.45, 2.75) is 24.8 Å². The Morgan fingerprint density at radius 1 is 1.05 bits per heavy atom. The summed E-state index contributed by atoms with van der Waals surface area (Å²) in [6, 6.07) is 11.9. The first-order valence-corrected chi connectivity index (χ1v) is 8.40. The minimum Gasteiger partial charge on any atom is -0.352 e. The molecule has 1 aliphatic heterocycles. The second kappa shape index (κ2) is 5.46.